The molecule has 1 aliphatic heterocycles. The van der Waals surface area contributed by atoms with E-state index in [9.17, 15) is 4.79 Å². The van der Waals surface area contributed by atoms with Gasteiger partial charge in [0.15, 0.2) is 6.10 Å². The molecule has 4 nitrogen and oxygen atoms in total. The summed E-state index contributed by atoms with van der Waals surface area (Å²) in [6, 6.07) is 15.5. The van der Waals surface area contributed by atoms with E-state index >= 15 is 0 Å². The molecule has 2 unspecified atom stereocenters. The monoisotopic (exact) mass is 311 g/mol. The van der Waals surface area contributed by atoms with Crippen molar-refractivity contribution in [3.8, 4) is 11.5 Å². The van der Waals surface area contributed by atoms with Crippen LogP contribution in [-0.2, 0) is 11.2 Å². The number of fused-ring (bicyclic) bond motifs is 1. The third kappa shape index (κ3) is 3.47. The van der Waals surface area contributed by atoms with Gasteiger partial charge in [-0.3, -0.25) is 4.79 Å². The number of hydrogen-bond donors (Lipinski definition) is 1. The maximum Gasteiger partial charge on any atom is 0.261 e. The van der Waals surface area contributed by atoms with Gasteiger partial charge in [-0.1, -0.05) is 30.3 Å². The standard InChI is InChI=1S/C19H21NO3/c1-3-22-16-10-8-14(9-11-16)13(2)20-19(21)18-12-15-6-4-5-7-17(15)23-18/h4-11,13,18H,3,12H2,1-2H3,(H,20,21). The van der Waals surface area contributed by atoms with E-state index in [-0.39, 0.29) is 11.9 Å². The molecule has 2 atom stereocenters. The maximum atomic E-state index is 12.4. The Labute approximate surface area is 136 Å². The van der Waals surface area contributed by atoms with Gasteiger partial charge in [-0.15, -0.1) is 0 Å². The number of carbonyl (C=O) groups excluding carboxylic acids is 1. The van der Waals surface area contributed by atoms with E-state index in [1.54, 1.807) is 0 Å². The SMILES string of the molecule is CCOc1ccc(C(C)NC(=O)C2Cc3ccccc3O2)cc1. The molecule has 120 valence electrons. The number of rotatable bonds is 5. The second-order valence-electron chi connectivity index (χ2n) is 5.65. The normalized spacial score (nSPS) is 17.0. The fourth-order valence-electron chi connectivity index (χ4n) is 2.74. The molecule has 0 spiro atoms. The Bertz CT molecular complexity index is 656. The minimum Gasteiger partial charge on any atom is -0.494 e. The van der Waals surface area contributed by atoms with Crippen LogP contribution in [0.3, 0.4) is 0 Å². The van der Waals surface area contributed by atoms with Crippen LogP contribution in [0.25, 0.3) is 0 Å². The molecule has 0 bridgehead atoms. The highest BCUT2D eigenvalue weighted by molar-refractivity contribution is 5.82. The van der Waals surface area contributed by atoms with Gasteiger partial charge in [0.2, 0.25) is 0 Å². The zero-order chi connectivity index (χ0) is 16.2. The first-order valence-electron chi connectivity index (χ1n) is 7.95. The largest absolute Gasteiger partial charge is 0.494 e. The lowest BCUT2D eigenvalue weighted by Gasteiger charge is -2.18. The number of nitrogens with one attached hydrogen (secondary N) is 1. The fourth-order valence-corrected chi connectivity index (χ4v) is 2.74. The number of hydrogen-bond acceptors (Lipinski definition) is 3. The van der Waals surface area contributed by atoms with Crippen LogP contribution in [-0.4, -0.2) is 18.6 Å². The minimum absolute atomic E-state index is 0.0783. The number of carbonyl (C=O) groups is 1. The Balaban J connectivity index is 1.60. The molecule has 3 rings (SSSR count). The Morgan fingerprint density at radius 1 is 1.26 bits per heavy atom. The van der Waals surface area contributed by atoms with Crippen molar-refractivity contribution in [1.29, 1.82) is 0 Å². The second-order valence-corrected chi connectivity index (χ2v) is 5.65. The predicted molar refractivity (Wildman–Crippen MR) is 88.7 cm³/mol. The summed E-state index contributed by atoms with van der Waals surface area (Å²) >= 11 is 0. The van der Waals surface area contributed by atoms with E-state index in [1.165, 1.54) is 0 Å². The van der Waals surface area contributed by atoms with Gasteiger partial charge < -0.3 is 14.8 Å². The van der Waals surface area contributed by atoms with Crippen LogP contribution in [0, 0.1) is 0 Å². The lowest BCUT2D eigenvalue weighted by Crippen LogP contribution is -2.38. The van der Waals surface area contributed by atoms with Crippen LogP contribution in [0.5, 0.6) is 11.5 Å². The highest BCUT2D eigenvalue weighted by Gasteiger charge is 2.29. The summed E-state index contributed by atoms with van der Waals surface area (Å²) < 4.78 is 11.2. The maximum absolute atomic E-state index is 12.4. The van der Waals surface area contributed by atoms with Gasteiger partial charge in [-0.25, -0.2) is 0 Å². The molecule has 0 saturated heterocycles. The molecule has 2 aromatic carbocycles. The lowest BCUT2D eigenvalue weighted by atomic mass is 10.1. The minimum atomic E-state index is -0.447. The molecular weight excluding hydrogens is 290 g/mol. The summed E-state index contributed by atoms with van der Waals surface area (Å²) in [6.07, 6.45) is 0.176. The van der Waals surface area contributed by atoms with Gasteiger partial charge in [0.1, 0.15) is 11.5 Å². The van der Waals surface area contributed by atoms with Gasteiger partial charge in [-0.05, 0) is 43.2 Å². The van der Waals surface area contributed by atoms with Gasteiger partial charge in [0.05, 0.1) is 12.6 Å². The first-order valence-corrected chi connectivity index (χ1v) is 7.95. The van der Waals surface area contributed by atoms with Crippen molar-refractivity contribution < 1.29 is 14.3 Å². The van der Waals surface area contributed by atoms with Crippen LogP contribution in [0.4, 0.5) is 0 Å². The molecule has 1 aliphatic rings. The van der Waals surface area contributed by atoms with E-state index in [4.69, 9.17) is 9.47 Å². The van der Waals surface area contributed by atoms with Gasteiger partial charge in [0.25, 0.3) is 5.91 Å². The van der Waals surface area contributed by atoms with Crippen molar-refractivity contribution in [3.05, 3.63) is 59.7 Å². The van der Waals surface area contributed by atoms with Crippen molar-refractivity contribution in [3.63, 3.8) is 0 Å². The highest BCUT2D eigenvalue weighted by atomic mass is 16.5. The Morgan fingerprint density at radius 3 is 2.70 bits per heavy atom. The Kier molecular flexibility index (Phi) is 4.51. The van der Waals surface area contributed by atoms with Crippen molar-refractivity contribution in [2.45, 2.75) is 32.4 Å². The average Bonchev–Trinajstić information content (AvgIpc) is 3.00. The van der Waals surface area contributed by atoms with Crippen molar-refractivity contribution >= 4 is 5.91 Å². The molecule has 2 aromatic rings. The number of amides is 1. The molecule has 1 amide bonds. The molecule has 1 heterocycles. The molecule has 0 saturated carbocycles. The summed E-state index contributed by atoms with van der Waals surface area (Å²) in [6.45, 7) is 4.57. The number of ether oxygens (including phenoxy) is 2. The average molecular weight is 311 g/mol. The first kappa shape index (κ1) is 15.4. The summed E-state index contributed by atoms with van der Waals surface area (Å²) in [5.41, 5.74) is 2.12. The highest BCUT2D eigenvalue weighted by Crippen LogP contribution is 2.28. The van der Waals surface area contributed by atoms with E-state index < -0.39 is 6.10 Å². The molecule has 23 heavy (non-hydrogen) atoms. The van der Waals surface area contributed by atoms with Crippen molar-refractivity contribution in [2.24, 2.45) is 0 Å². The topological polar surface area (TPSA) is 47.6 Å². The van der Waals surface area contributed by atoms with E-state index in [2.05, 4.69) is 5.32 Å². The predicted octanol–water partition coefficient (Wildman–Crippen LogP) is 3.27. The molecule has 0 radical (unpaired) electrons. The fraction of sp³-hybridized carbons (Fsp3) is 0.316. The van der Waals surface area contributed by atoms with Crippen molar-refractivity contribution in [1.82, 2.24) is 5.32 Å². The smallest absolute Gasteiger partial charge is 0.261 e. The van der Waals surface area contributed by atoms with Gasteiger partial charge in [0, 0.05) is 6.42 Å². The van der Waals surface area contributed by atoms with E-state index in [0.29, 0.717) is 13.0 Å². The number of benzene rings is 2. The molecule has 0 fully saturated rings. The summed E-state index contributed by atoms with van der Waals surface area (Å²) in [5.74, 6) is 1.56. The van der Waals surface area contributed by atoms with Crippen molar-refractivity contribution in [2.75, 3.05) is 6.61 Å². The van der Waals surface area contributed by atoms with Gasteiger partial charge >= 0.3 is 0 Å². The Hall–Kier alpha value is -2.49. The number of para-hydroxylation sites is 1. The first-order chi connectivity index (χ1) is 11.2. The summed E-state index contributed by atoms with van der Waals surface area (Å²) in [7, 11) is 0. The quantitative estimate of drug-likeness (QED) is 0.922. The van der Waals surface area contributed by atoms with Crippen LogP contribution < -0.4 is 14.8 Å². The van der Waals surface area contributed by atoms with Crippen LogP contribution in [0.15, 0.2) is 48.5 Å². The zero-order valence-electron chi connectivity index (χ0n) is 13.4. The Morgan fingerprint density at radius 2 is 2.00 bits per heavy atom. The third-order valence-corrected chi connectivity index (χ3v) is 3.99. The molecule has 0 aromatic heterocycles. The molecular formula is C19H21NO3. The van der Waals surface area contributed by atoms with E-state index in [1.807, 2.05) is 62.4 Å². The summed E-state index contributed by atoms with van der Waals surface area (Å²) in [4.78, 5) is 12.4. The van der Waals surface area contributed by atoms with E-state index in [0.717, 1.165) is 22.6 Å². The molecule has 0 aliphatic carbocycles. The van der Waals surface area contributed by atoms with Crippen LogP contribution >= 0.6 is 0 Å². The lowest BCUT2D eigenvalue weighted by molar-refractivity contribution is -0.127. The van der Waals surface area contributed by atoms with Crippen LogP contribution in [0.1, 0.15) is 31.0 Å². The third-order valence-electron chi connectivity index (χ3n) is 3.99. The second kappa shape index (κ2) is 6.73. The molecule has 1 N–H and O–H groups in total. The zero-order valence-corrected chi connectivity index (χ0v) is 13.4. The van der Waals surface area contributed by atoms with Gasteiger partial charge in [-0.2, -0.15) is 0 Å². The summed E-state index contributed by atoms with van der Waals surface area (Å²) in [5, 5.41) is 3.02. The molecule has 4 heteroatoms. The van der Waals surface area contributed by atoms with Crippen LogP contribution in [0.2, 0.25) is 0 Å².